The summed E-state index contributed by atoms with van der Waals surface area (Å²) < 4.78 is 5.84. The average molecular weight is 240 g/mol. The van der Waals surface area contributed by atoms with Crippen LogP contribution in [0.3, 0.4) is 0 Å². The minimum absolute atomic E-state index is 0.257. The molecular formula is C13H18ClNO. The molecule has 1 aliphatic rings. The van der Waals surface area contributed by atoms with Gasteiger partial charge in [0, 0.05) is 16.6 Å². The lowest BCUT2D eigenvalue weighted by Crippen LogP contribution is -2.14. The molecule has 1 unspecified atom stereocenters. The van der Waals surface area contributed by atoms with E-state index in [-0.39, 0.29) is 6.04 Å². The molecule has 88 valence electrons. The molecule has 1 aromatic carbocycles. The van der Waals surface area contributed by atoms with Crippen LogP contribution in [0, 0.1) is 5.92 Å². The maximum Gasteiger partial charge on any atom is 0.124 e. The molecule has 0 aromatic heterocycles. The molecule has 0 bridgehead atoms. The van der Waals surface area contributed by atoms with E-state index in [9.17, 15) is 0 Å². The lowest BCUT2D eigenvalue weighted by Gasteiger charge is -2.16. The molecule has 2 rings (SSSR count). The van der Waals surface area contributed by atoms with Crippen molar-refractivity contribution in [2.24, 2.45) is 5.92 Å². The van der Waals surface area contributed by atoms with Crippen molar-refractivity contribution in [2.45, 2.75) is 25.8 Å². The van der Waals surface area contributed by atoms with Gasteiger partial charge in [-0.2, -0.15) is 0 Å². The van der Waals surface area contributed by atoms with Crippen molar-refractivity contribution in [3.05, 3.63) is 28.8 Å². The molecule has 1 saturated carbocycles. The quantitative estimate of drug-likeness (QED) is 0.850. The van der Waals surface area contributed by atoms with E-state index in [1.54, 1.807) is 0 Å². The largest absolute Gasteiger partial charge is 0.493 e. The monoisotopic (exact) mass is 239 g/mol. The van der Waals surface area contributed by atoms with E-state index in [1.165, 1.54) is 12.8 Å². The van der Waals surface area contributed by atoms with E-state index in [0.717, 1.165) is 28.9 Å². The van der Waals surface area contributed by atoms with Gasteiger partial charge in [0.05, 0.1) is 6.61 Å². The summed E-state index contributed by atoms with van der Waals surface area (Å²) in [6.07, 6.45) is 2.62. The number of benzene rings is 1. The fraction of sp³-hybridized carbons (Fsp3) is 0.538. The zero-order valence-corrected chi connectivity index (χ0v) is 10.6. The van der Waals surface area contributed by atoms with Crippen LogP contribution in [0.25, 0.3) is 0 Å². The van der Waals surface area contributed by atoms with Crippen LogP contribution in [0.1, 0.15) is 31.4 Å². The van der Waals surface area contributed by atoms with Crippen molar-refractivity contribution in [1.29, 1.82) is 0 Å². The molecule has 1 N–H and O–H groups in total. The van der Waals surface area contributed by atoms with Gasteiger partial charge in [0.1, 0.15) is 5.75 Å². The first kappa shape index (κ1) is 11.7. The van der Waals surface area contributed by atoms with E-state index < -0.39 is 0 Å². The topological polar surface area (TPSA) is 21.3 Å². The highest BCUT2D eigenvalue weighted by molar-refractivity contribution is 6.30. The van der Waals surface area contributed by atoms with Crippen molar-refractivity contribution >= 4 is 11.6 Å². The maximum atomic E-state index is 6.01. The summed E-state index contributed by atoms with van der Waals surface area (Å²) in [5, 5.41) is 3.97. The summed E-state index contributed by atoms with van der Waals surface area (Å²) >= 11 is 6.01. The molecule has 0 amide bonds. The summed E-state index contributed by atoms with van der Waals surface area (Å²) in [5.74, 6) is 1.73. The molecule has 0 heterocycles. The Morgan fingerprint density at radius 3 is 2.88 bits per heavy atom. The van der Waals surface area contributed by atoms with Gasteiger partial charge in [0.2, 0.25) is 0 Å². The number of hydrogen-bond donors (Lipinski definition) is 1. The lowest BCUT2D eigenvalue weighted by atomic mass is 10.1. The molecule has 1 aromatic rings. The molecule has 3 heteroatoms. The molecular weight excluding hydrogens is 222 g/mol. The standard InChI is InChI=1S/C13H18ClNO/c1-9(15-2)12-7-11(14)5-6-13(12)16-8-10-3-4-10/h5-7,9-10,15H,3-4,8H2,1-2H3. The number of hydrogen-bond acceptors (Lipinski definition) is 2. The number of rotatable bonds is 5. The van der Waals surface area contributed by atoms with Crippen LogP contribution in [-0.2, 0) is 0 Å². The lowest BCUT2D eigenvalue weighted by molar-refractivity contribution is 0.294. The Morgan fingerprint density at radius 2 is 2.25 bits per heavy atom. The SMILES string of the molecule is CNC(C)c1cc(Cl)ccc1OCC1CC1. The van der Waals surface area contributed by atoms with Crippen molar-refractivity contribution in [3.8, 4) is 5.75 Å². The fourth-order valence-electron chi connectivity index (χ4n) is 1.64. The van der Waals surface area contributed by atoms with Crippen LogP contribution in [0.4, 0.5) is 0 Å². The van der Waals surface area contributed by atoms with Gasteiger partial charge < -0.3 is 10.1 Å². The Kier molecular flexibility index (Phi) is 3.72. The van der Waals surface area contributed by atoms with Crippen LogP contribution < -0.4 is 10.1 Å². The van der Waals surface area contributed by atoms with Gasteiger partial charge in [-0.1, -0.05) is 11.6 Å². The Bertz CT molecular complexity index is 363. The first-order valence-corrected chi connectivity index (χ1v) is 6.18. The molecule has 0 radical (unpaired) electrons. The average Bonchev–Trinajstić information content (AvgIpc) is 3.10. The van der Waals surface area contributed by atoms with Gasteiger partial charge in [-0.25, -0.2) is 0 Å². The van der Waals surface area contributed by atoms with E-state index in [0.29, 0.717) is 0 Å². The fourth-order valence-corrected chi connectivity index (χ4v) is 1.82. The zero-order valence-electron chi connectivity index (χ0n) is 9.79. The molecule has 1 aliphatic carbocycles. The van der Waals surface area contributed by atoms with Crippen molar-refractivity contribution in [2.75, 3.05) is 13.7 Å². The predicted molar refractivity (Wildman–Crippen MR) is 67.1 cm³/mol. The number of halogens is 1. The molecule has 0 aliphatic heterocycles. The Labute approximate surface area is 102 Å². The third-order valence-corrected chi connectivity index (χ3v) is 3.28. The van der Waals surface area contributed by atoms with Gasteiger partial charge in [0.15, 0.2) is 0 Å². The van der Waals surface area contributed by atoms with E-state index in [4.69, 9.17) is 16.3 Å². The Hall–Kier alpha value is -0.730. The number of ether oxygens (including phenoxy) is 1. The molecule has 0 saturated heterocycles. The van der Waals surface area contributed by atoms with Crippen LogP contribution in [0.15, 0.2) is 18.2 Å². The third-order valence-electron chi connectivity index (χ3n) is 3.04. The molecule has 1 atom stereocenters. The van der Waals surface area contributed by atoms with E-state index in [2.05, 4.69) is 12.2 Å². The maximum absolute atomic E-state index is 6.01. The summed E-state index contributed by atoms with van der Waals surface area (Å²) in [6.45, 7) is 2.95. The molecule has 1 fully saturated rings. The summed E-state index contributed by atoms with van der Waals surface area (Å²) in [4.78, 5) is 0. The Morgan fingerprint density at radius 1 is 1.50 bits per heavy atom. The summed E-state index contributed by atoms with van der Waals surface area (Å²) in [5.41, 5.74) is 1.13. The highest BCUT2D eigenvalue weighted by Crippen LogP contribution is 2.32. The van der Waals surface area contributed by atoms with Crippen molar-refractivity contribution < 1.29 is 4.74 Å². The predicted octanol–water partition coefficient (Wildman–Crippen LogP) is 3.41. The summed E-state index contributed by atoms with van der Waals surface area (Å²) in [7, 11) is 1.94. The van der Waals surface area contributed by atoms with Gasteiger partial charge in [-0.15, -0.1) is 0 Å². The molecule has 0 spiro atoms. The van der Waals surface area contributed by atoms with Gasteiger partial charge >= 0.3 is 0 Å². The second-order valence-corrected chi connectivity index (χ2v) is 4.88. The van der Waals surface area contributed by atoms with Gasteiger partial charge in [-0.3, -0.25) is 0 Å². The molecule has 2 nitrogen and oxygen atoms in total. The van der Waals surface area contributed by atoms with Crippen molar-refractivity contribution in [1.82, 2.24) is 5.32 Å². The van der Waals surface area contributed by atoms with Gasteiger partial charge in [-0.05, 0) is 50.9 Å². The minimum Gasteiger partial charge on any atom is -0.493 e. The van der Waals surface area contributed by atoms with E-state index in [1.807, 2.05) is 25.2 Å². The first-order chi connectivity index (χ1) is 7.70. The molecule has 16 heavy (non-hydrogen) atoms. The third kappa shape index (κ3) is 2.89. The minimum atomic E-state index is 0.257. The second-order valence-electron chi connectivity index (χ2n) is 4.45. The van der Waals surface area contributed by atoms with E-state index >= 15 is 0 Å². The zero-order chi connectivity index (χ0) is 11.5. The summed E-state index contributed by atoms with van der Waals surface area (Å²) in [6, 6.07) is 6.09. The second kappa shape index (κ2) is 5.07. The van der Waals surface area contributed by atoms with Gasteiger partial charge in [0.25, 0.3) is 0 Å². The smallest absolute Gasteiger partial charge is 0.124 e. The van der Waals surface area contributed by atoms with Crippen LogP contribution in [-0.4, -0.2) is 13.7 Å². The Balaban J connectivity index is 2.13. The highest BCUT2D eigenvalue weighted by atomic mass is 35.5. The number of nitrogens with one attached hydrogen (secondary N) is 1. The van der Waals surface area contributed by atoms with Crippen LogP contribution in [0.5, 0.6) is 5.75 Å². The first-order valence-electron chi connectivity index (χ1n) is 5.80. The van der Waals surface area contributed by atoms with Crippen molar-refractivity contribution in [3.63, 3.8) is 0 Å². The highest BCUT2D eigenvalue weighted by Gasteiger charge is 2.22. The van der Waals surface area contributed by atoms with Crippen LogP contribution in [0.2, 0.25) is 5.02 Å². The normalized spacial score (nSPS) is 17.2. The van der Waals surface area contributed by atoms with Crippen LogP contribution >= 0.6 is 11.6 Å².